The monoisotopic (exact) mass is 234 g/mol. The van der Waals surface area contributed by atoms with E-state index in [0.29, 0.717) is 4.88 Å². The van der Waals surface area contributed by atoms with Gasteiger partial charge in [-0.1, -0.05) is 6.07 Å². The Balaban J connectivity index is 2.22. The molecule has 0 aliphatic heterocycles. The maximum absolute atomic E-state index is 11.7. The maximum Gasteiger partial charge on any atom is 0.267 e. The van der Waals surface area contributed by atoms with E-state index in [1.54, 1.807) is 19.2 Å². The molecule has 82 valence electrons. The Morgan fingerprint density at radius 3 is 3.00 bits per heavy atom. The Bertz CT molecular complexity index is 558. The van der Waals surface area contributed by atoms with Crippen molar-refractivity contribution in [1.82, 2.24) is 9.78 Å². The SMILES string of the molecule is Cc1cnn(CC(=O)c2cccs2)c(=O)c1. The van der Waals surface area contributed by atoms with Crippen LogP contribution in [0.3, 0.4) is 0 Å². The molecule has 0 bridgehead atoms. The van der Waals surface area contributed by atoms with Crippen molar-refractivity contribution in [2.75, 3.05) is 0 Å². The van der Waals surface area contributed by atoms with E-state index in [9.17, 15) is 9.59 Å². The Labute approximate surface area is 96.2 Å². The first-order chi connectivity index (χ1) is 7.66. The third kappa shape index (κ3) is 2.25. The Morgan fingerprint density at radius 1 is 1.56 bits per heavy atom. The summed E-state index contributed by atoms with van der Waals surface area (Å²) >= 11 is 1.37. The van der Waals surface area contributed by atoms with Gasteiger partial charge < -0.3 is 0 Å². The van der Waals surface area contributed by atoms with Crippen molar-refractivity contribution < 1.29 is 4.79 Å². The minimum Gasteiger partial charge on any atom is -0.291 e. The summed E-state index contributed by atoms with van der Waals surface area (Å²) in [6.07, 6.45) is 1.57. The quantitative estimate of drug-likeness (QED) is 0.756. The van der Waals surface area contributed by atoms with Gasteiger partial charge in [0.25, 0.3) is 5.56 Å². The Kier molecular flexibility index (Phi) is 2.96. The van der Waals surface area contributed by atoms with Crippen LogP contribution in [0.15, 0.2) is 34.6 Å². The number of thiophene rings is 1. The minimum atomic E-state index is -0.245. The lowest BCUT2D eigenvalue weighted by atomic mass is 10.3. The molecule has 2 aromatic heterocycles. The number of aromatic nitrogens is 2. The molecule has 2 aromatic rings. The molecule has 0 radical (unpaired) electrons. The van der Waals surface area contributed by atoms with Crippen LogP contribution in [-0.2, 0) is 6.54 Å². The number of carbonyl (C=O) groups is 1. The normalized spacial score (nSPS) is 10.3. The summed E-state index contributed by atoms with van der Waals surface area (Å²) in [6.45, 7) is 1.79. The third-order valence-electron chi connectivity index (χ3n) is 2.10. The van der Waals surface area contributed by atoms with Gasteiger partial charge in [-0.25, -0.2) is 4.68 Å². The van der Waals surface area contributed by atoms with E-state index in [2.05, 4.69) is 5.10 Å². The molecular weight excluding hydrogens is 224 g/mol. The fraction of sp³-hybridized carbons (Fsp3) is 0.182. The van der Waals surface area contributed by atoms with Gasteiger partial charge in [-0.15, -0.1) is 11.3 Å². The highest BCUT2D eigenvalue weighted by Gasteiger charge is 2.09. The lowest BCUT2D eigenvalue weighted by Crippen LogP contribution is -2.25. The molecule has 0 atom stereocenters. The van der Waals surface area contributed by atoms with Crippen molar-refractivity contribution in [1.29, 1.82) is 0 Å². The highest BCUT2D eigenvalue weighted by Crippen LogP contribution is 2.09. The number of nitrogens with zero attached hydrogens (tertiary/aromatic N) is 2. The van der Waals surface area contributed by atoms with Crippen LogP contribution >= 0.6 is 11.3 Å². The number of hydrogen-bond donors (Lipinski definition) is 0. The van der Waals surface area contributed by atoms with Gasteiger partial charge in [0.1, 0.15) is 6.54 Å². The molecule has 4 nitrogen and oxygen atoms in total. The highest BCUT2D eigenvalue weighted by atomic mass is 32.1. The van der Waals surface area contributed by atoms with Gasteiger partial charge in [0.05, 0.1) is 11.1 Å². The van der Waals surface area contributed by atoms with Crippen LogP contribution in [0.5, 0.6) is 0 Å². The molecular formula is C11H10N2O2S. The first kappa shape index (κ1) is 10.8. The van der Waals surface area contributed by atoms with E-state index in [-0.39, 0.29) is 17.9 Å². The zero-order chi connectivity index (χ0) is 11.5. The van der Waals surface area contributed by atoms with Crippen LogP contribution in [0.4, 0.5) is 0 Å². The van der Waals surface area contributed by atoms with Gasteiger partial charge in [-0.2, -0.15) is 5.10 Å². The molecule has 0 aliphatic carbocycles. The topological polar surface area (TPSA) is 52.0 Å². The van der Waals surface area contributed by atoms with Crippen molar-refractivity contribution in [3.63, 3.8) is 0 Å². The second kappa shape index (κ2) is 4.40. The van der Waals surface area contributed by atoms with Crippen LogP contribution in [0.1, 0.15) is 15.2 Å². The summed E-state index contributed by atoms with van der Waals surface area (Å²) < 4.78 is 1.18. The fourth-order valence-electron chi connectivity index (χ4n) is 1.29. The molecule has 16 heavy (non-hydrogen) atoms. The van der Waals surface area contributed by atoms with Gasteiger partial charge >= 0.3 is 0 Å². The van der Waals surface area contributed by atoms with E-state index in [1.807, 2.05) is 11.4 Å². The molecule has 2 rings (SSSR count). The molecule has 0 saturated carbocycles. The molecule has 0 saturated heterocycles. The average Bonchev–Trinajstić information content (AvgIpc) is 2.75. The van der Waals surface area contributed by atoms with Crippen molar-refractivity contribution in [3.05, 3.63) is 50.6 Å². The maximum atomic E-state index is 11.7. The number of carbonyl (C=O) groups excluding carboxylic acids is 1. The zero-order valence-electron chi connectivity index (χ0n) is 8.71. The average molecular weight is 234 g/mol. The largest absolute Gasteiger partial charge is 0.291 e. The predicted molar refractivity (Wildman–Crippen MR) is 61.9 cm³/mol. The van der Waals surface area contributed by atoms with E-state index >= 15 is 0 Å². The third-order valence-corrected chi connectivity index (χ3v) is 3.01. The molecule has 0 aliphatic rings. The molecule has 0 spiro atoms. The Morgan fingerprint density at radius 2 is 2.38 bits per heavy atom. The molecule has 0 amide bonds. The Hall–Kier alpha value is -1.75. The van der Waals surface area contributed by atoms with Gasteiger partial charge in [-0.05, 0) is 23.9 Å². The summed E-state index contributed by atoms with van der Waals surface area (Å²) in [5.74, 6) is -0.0894. The van der Waals surface area contributed by atoms with Crippen LogP contribution in [-0.4, -0.2) is 15.6 Å². The van der Waals surface area contributed by atoms with E-state index in [0.717, 1.165) is 5.56 Å². The second-order valence-corrected chi connectivity index (χ2v) is 4.38. The number of aryl methyl sites for hydroxylation is 1. The van der Waals surface area contributed by atoms with E-state index < -0.39 is 0 Å². The van der Waals surface area contributed by atoms with E-state index in [1.165, 1.54) is 22.1 Å². The summed E-state index contributed by atoms with van der Waals surface area (Å²) in [5.41, 5.74) is 0.551. The van der Waals surface area contributed by atoms with Crippen molar-refractivity contribution in [2.45, 2.75) is 13.5 Å². The highest BCUT2D eigenvalue weighted by molar-refractivity contribution is 7.12. The van der Waals surface area contributed by atoms with Gasteiger partial charge in [-0.3, -0.25) is 9.59 Å². The molecule has 0 unspecified atom stereocenters. The minimum absolute atomic E-state index is 0.000370. The van der Waals surface area contributed by atoms with Crippen molar-refractivity contribution >= 4 is 17.1 Å². The van der Waals surface area contributed by atoms with Crippen molar-refractivity contribution in [2.24, 2.45) is 0 Å². The van der Waals surface area contributed by atoms with E-state index in [4.69, 9.17) is 0 Å². The lowest BCUT2D eigenvalue weighted by Gasteiger charge is -2.02. The number of Topliss-reactive ketones (excluding diaryl/α,β-unsaturated/α-hetero) is 1. The second-order valence-electron chi connectivity index (χ2n) is 3.43. The summed E-state index contributed by atoms with van der Waals surface area (Å²) in [5, 5.41) is 5.75. The van der Waals surface area contributed by atoms with Crippen molar-refractivity contribution in [3.8, 4) is 0 Å². The van der Waals surface area contributed by atoms with Crippen LogP contribution in [0, 0.1) is 6.92 Å². The summed E-state index contributed by atoms with van der Waals surface area (Å²) in [6, 6.07) is 5.02. The van der Waals surface area contributed by atoms with Gasteiger partial charge in [0.15, 0.2) is 5.78 Å². The number of ketones is 1. The van der Waals surface area contributed by atoms with Gasteiger partial charge in [0, 0.05) is 6.07 Å². The number of hydrogen-bond acceptors (Lipinski definition) is 4. The summed E-state index contributed by atoms with van der Waals surface area (Å²) in [4.78, 5) is 23.9. The smallest absolute Gasteiger partial charge is 0.267 e. The molecule has 5 heteroatoms. The van der Waals surface area contributed by atoms with Gasteiger partial charge in [0.2, 0.25) is 0 Å². The lowest BCUT2D eigenvalue weighted by molar-refractivity contribution is 0.0969. The van der Waals surface area contributed by atoms with Crippen LogP contribution < -0.4 is 5.56 Å². The predicted octanol–water partition coefficient (Wildman–Crippen LogP) is 1.50. The van der Waals surface area contributed by atoms with Crippen LogP contribution in [0.2, 0.25) is 0 Å². The molecule has 0 N–H and O–H groups in total. The first-order valence-electron chi connectivity index (χ1n) is 4.77. The number of rotatable bonds is 3. The van der Waals surface area contributed by atoms with Crippen LogP contribution in [0.25, 0.3) is 0 Å². The fourth-order valence-corrected chi connectivity index (χ4v) is 1.95. The molecule has 0 fully saturated rings. The first-order valence-corrected chi connectivity index (χ1v) is 5.65. The molecule has 0 aromatic carbocycles. The zero-order valence-corrected chi connectivity index (χ0v) is 9.53. The summed E-state index contributed by atoms with van der Waals surface area (Å²) in [7, 11) is 0. The standard InChI is InChI=1S/C11H10N2O2S/c1-8-5-11(15)13(12-6-8)7-9(14)10-3-2-4-16-10/h2-6H,7H2,1H3. The molecule has 2 heterocycles.